The van der Waals surface area contributed by atoms with Crippen molar-refractivity contribution in [3.63, 3.8) is 0 Å². The molecule has 2 aliphatic rings. The zero-order chi connectivity index (χ0) is 32.0. The monoisotopic (exact) mass is 612 g/mol. The second-order valence-electron chi connectivity index (χ2n) is 13.3. The third kappa shape index (κ3) is 4.93. The van der Waals surface area contributed by atoms with Crippen molar-refractivity contribution in [2.45, 2.75) is 25.2 Å². The van der Waals surface area contributed by atoms with Gasteiger partial charge in [0.15, 0.2) is 0 Å². The molecule has 0 radical (unpaired) electrons. The Morgan fingerprint density at radius 3 is 1.25 bits per heavy atom. The molecular formula is C48H36. The van der Waals surface area contributed by atoms with Crippen LogP contribution in [0, 0.1) is 6.92 Å². The van der Waals surface area contributed by atoms with Crippen LogP contribution in [0.25, 0.3) is 66.1 Å². The summed E-state index contributed by atoms with van der Waals surface area (Å²) >= 11 is 0. The van der Waals surface area contributed by atoms with Crippen molar-refractivity contribution >= 4 is 21.5 Å². The minimum atomic E-state index is 0.693. The van der Waals surface area contributed by atoms with E-state index in [1.807, 2.05) is 12.1 Å². The van der Waals surface area contributed by atoms with E-state index in [9.17, 15) is 0 Å². The molecule has 0 saturated heterocycles. The summed E-state index contributed by atoms with van der Waals surface area (Å²) in [6.45, 7) is 2.21. The van der Waals surface area contributed by atoms with E-state index < -0.39 is 0 Å². The van der Waals surface area contributed by atoms with Gasteiger partial charge in [-0.2, -0.15) is 0 Å². The molecule has 0 heterocycles. The van der Waals surface area contributed by atoms with Gasteiger partial charge in [0.2, 0.25) is 0 Å². The van der Waals surface area contributed by atoms with Gasteiger partial charge in [-0.15, -0.1) is 0 Å². The first kappa shape index (κ1) is 28.5. The Bertz CT molecular complexity index is 2330. The third-order valence-electron chi connectivity index (χ3n) is 10.3. The number of aryl methyl sites for hydroxylation is 1. The molecule has 0 amide bonds. The molecule has 0 aromatic heterocycles. The maximum atomic E-state index is 2.48. The van der Waals surface area contributed by atoms with Crippen LogP contribution < -0.4 is 0 Å². The van der Waals surface area contributed by atoms with Crippen molar-refractivity contribution in [2.75, 3.05) is 0 Å². The second-order valence-corrected chi connectivity index (χ2v) is 13.3. The zero-order valence-electron chi connectivity index (χ0n) is 27.1. The fraction of sp³-hybridized carbons (Fsp3) is 0.0833. The largest absolute Gasteiger partial charge is 0.0622 e. The maximum Gasteiger partial charge on any atom is -0.00262 e. The van der Waals surface area contributed by atoms with Crippen molar-refractivity contribution in [3.8, 4) is 44.5 Å². The van der Waals surface area contributed by atoms with Crippen LogP contribution in [-0.2, 0) is 0 Å². The van der Waals surface area contributed by atoms with Crippen LogP contribution in [0.15, 0.2) is 176 Å². The molecule has 2 aliphatic carbocycles. The van der Waals surface area contributed by atoms with Gasteiger partial charge in [0.05, 0.1) is 0 Å². The lowest BCUT2D eigenvalue weighted by molar-refractivity contribution is 1.00. The normalized spacial score (nSPS) is 15.5. The van der Waals surface area contributed by atoms with E-state index in [1.54, 1.807) is 5.56 Å². The summed E-state index contributed by atoms with van der Waals surface area (Å²) in [5.74, 6) is 1.41. The predicted molar refractivity (Wildman–Crippen MR) is 204 cm³/mol. The van der Waals surface area contributed by atoms with E-state index in [0.29, 0.717) is 11.8 Å². The summed E-state index contributed by atoms with van der Waals surface area (Å²) in [5.41, 5.74) is 15.1. The highest BCUT2D eigenvalue weighted by Gasteiger charge is 2.45. The van der Waals surface area contributed by atoms with E-state index in [4.69, 9.17) is 0 Å². The van der Waals surface area contributed by atoms with Gasteiger partial charge in [-0.3, -0.25) is 0 Å². The molecule has 8 aromatic rings. The summed E-state index contributed by atoms with van der Waals surface area (Å²) in [5, 5.41) is 5.27. The molecule has 228 valence electrons. The first-order valence-corrected chi connectivity index (χ1v) is 17.1. The molecular weight excluding hydrogens is 577 g/mol. The van der Waals surface area contributed by atoms with Crippen LogP contribution in [0.3, 0.4) is 0 Å². The lowest BCUT2D eigenvalue weighted by atomic mass is 9.81. The zero-order valence-corrected chi connectivity index (χ0v) is 27.1. The highest BCUT2D eigenvalue weighted by atomic mass is 14.5. The van der Waals surface area contributed by atoms with Crippen LogP contribution >= 0.6 is 0 Å². The smallest absolute Gasteiger partial charge is 0.00262 e. The topological polar surface area (TPSA) is 0 Å². The molecule has 0 bridgehead atoms. The number of benzene rings is 8. The van der Waals surface area contributed by atoms with Crippen molar-refractivity contribution in [1.29, 1.82) is 0 Å². The Balaban J connectivity index is 0.000000221. The molecule has 0 nitrogen and oxygen atoms in total. The maximum absolute atomic E-state index is 2.48. The molecule has 2 atom stereocenters. The van der Waals surface area contributed by atoms with E-state index in [0.717, 1.165) is 0 Å². The molecule has 1 fully saturated rings. The lowest BCUT2D eigenvalue weighted by Crippen LogP contribution is -2.00. The number of rotatable bonds is 3. The van der Waals surface area contributed by atoms with Crippen molar-refractivity contribution in [2.24, 2.45) is 0 Å². The lowest BCUT2D eigenvalue weighted by Gasteiger charge is -2.22. The fourth-order valence-electron chi connectivity index (χ4n) is 7.99. The van der Waals surface area contributed by atoms with E-state index >= 15 is 0 Å². The van der Waals surface area contributed by atoms with Crippen molar-refractivity contribution in [3.05, 3.63) is 193 Å². The van der Waals surface area contributed by atoms with Crippen LogP contribution in [0.1, 0.15) is 34.9 Å². The summed E-state index contributed by atoms with van der Waals surface area (Å²) in [4.78, 5) is 0. The number of fused-ring (bicyclic) bond motifs is 8. The number of hydrogen-bond donors (Lipinski definition) is 0. The summed E-state index contributed by atoms with van der Waals surface area (Å²) < 4.78 is 0. The Morgan fingerprint density at radius 2 is 0.750 bits per heavy atom. The molecule has 0 spiro atoms. The van der Waals surface area contributed by atoms with E-state index in [-0.39, 0.29) is 0 Å². The van der Waals surface area contributed by atoms with Crippen molar-refractivity contribution in [1.82, 2.24) is 0 Å². The minimum Gasteiger partial charge on any atom is -0.0622 e. The molecule has 0 heteroatoms. The van der Waals surface area contributed by atoms with E-state index in [1.165, 1.54) is 83.6 Å². The average Bonchev–Trinajstić information content (AvgIpc) is 3.97. The van der Waals surface area contributed by atoms with Gasteiger partial charge >= 0.3 is 0 Å². The molecule has 1 saturated carbocycles. The van der Waals surface area contributed by atoms with Gasteiger partial charge in [-0.25, -0.2) is 0 Å². The molecule has 8 aromatic carbocycles. The van der Waals surface area contributed by atoms with Crippen LogP contribution in [0.5, 0.6) is 0 Å². The Morgan fingerprint density at radius 1 is 0.354 bits per heavy atom. The first-order chi connectivity index (χ1) is 23.7. The first-order valence-electron chi connectivity index (χ1n) is 17.1. The third-order valence-corrected chi connectivity index (χ3v) is 10.3. The average molecular weight is 613 g/mol. The SMILES string of the molecule is Cc1ccc2c(c1)-c1cc(-c3c4ccccc4c(-c4ccccc4)c4ccccc34)ccc1C1CC21.c1ccc(-c2ccccc2)cc1. The summed E-state index contributed by atoms with van der Waals surface area (Å²) in [7, 11) is 0. The Labute approximate surface area is 283 Å². The van der Waals surface area contributed by atoms with Gasteiger partial charge in [-0.05, 0) is 108 Å². The van der Waals surface area contributed by atoms with Crippen molar-refractivity contribution < 1.29 is 0 Å². The Kier molecular flexibility index (Phi) is 7.02. The van der Waals surface area contributed by atoms with Gasteiger partial charge in [0.25, 0.3) is 0 Å². The molecule has 48 heavy (non-hydrogen) atoms. The molecule has 0 N–H and O–H groups in total. The Hall–Kier alpha value is -5.72. The van der Waals surface area contributed by atoms with Crippen LogP contribution in [-0.4, -0.2) is 0 Å². The van der Waals surface area contributed by atoms with Gasteiger partial charge < -0.3 is 0 Å². The predicted octanol–water partition coefficient (Wildman–Crippen LogP) is 13.2. The molecule has 2 unspecified atom stereocenters. The molecule has 0 aliphatic heterocycles. The summed E-state index contributed by atoms with van der Waals surface area (Å²) in [6, 6.07) is 63.9. The van der Waals surface area contributed by atoms with Crippen LogP contribution in [0.2, 0.25) is 0 Å². The highest BCUT2D eigenvalue weighted by Crippen LogP contribution is 2.62. The van der Waals surface area contributed by atoms with Gasteiger partial charge in [-0.1, -0.05) is 175 Å². The fourth-order valence-corrected chi connectivity index (χ4v) is 7.99. The minimum absolute atomic E-state index is 0.693. The van der Waals surface area contributed by atoms with Gasteiger partial charge in [0.1, 0.15) is 0 Å². The molecule has 10 rings (SSSR count). The van der Waals surface area contributed by atoms with Gasteiger partial charge in [0, 0.05) is 0 Å². The van der Waals surface area contributed by atoms with Crippen LogP contribution in [0.4, 0.5) is 0 Å². The van der Waals surface area contributed by atoms with E-state index in [2.05, 4.69) is 171 Å². The summed E-state index contributed by atoms with van der Waals surface area (Å²) in [6.07, 6.45) is 1.29. The standard InChI is InChI=1S/C36H26.C12H10/c1-22-15-17-25-31(19-22)32-20-24(16-18-26(32)34-21-33(25)34)36-29-13-7-5-11-27(29)35(23-9-3-2-4-10-23)28-12-6-8-14-30(28)36;1-3-7-11(8-4-1)12-9-5-2-6-10-12/h2-20,33-34H,21H2,1H3;1-10H. The quantitative estimate of drug-likeness (QED) is 0.174. The second kappa shape index (κ2) is 11.8. The highest BCUT2D eigenvalue weighted by molar-refractivity contribution is 6.21. The number of hydrogen-bond acceptors (Lipinski definition) is 0.